The van der Waals surface area contributed by atoms with Crippen LogP contribution >= 0.6 is 0 Å². The van der Waals surface area contributed by atoms with E-state index in [9.17, 15) is 16.8 Å². The molecule has 2 atom stereocenters. The number of ether oxygens (including phenoxy) is 3. The van der Waals surface area contributed by atoms with Crippen molar-refractivity contribution in [2.75, 3.05) is 38.9 Å². The molecule has 0 aliphatic carbocycles. The number of hydrogen-bond donors (Lipinski definition) is 0. The van der Waals surface area contributed by atoms with Gasteiger partial charge in [0.15, 0.2) is 21.3 Å². The first-order chi connectivity index (χ1) is 11.3. The zero-order chi connectivity index (χ0) is 17.5. The summed E-state index contributed by atoms with van der Waals surface area (Å²) in [4.78, 5) is 0.0325. The van der Waals surface area contributed by atoms with Crippen LogP contribution in [0, 0.1) is 0 Å². The van der Waals surface area contributed by atoms with Crippen LogP contribution in [0.4, 0.5) is 0 Å². The summed E-state index contributed by atoms with van der Waals surface area (Å²) in [6, 6.07) is 3.61. The van der Waals surface area contributed by atoms with Gasteiger partial charge in [-0.2, -0.15) is 4.31 Å². The molecule has 134 valence electrons. The molecule has 2 fully saturated rings. The first-order valence-corrected chi connectivity index (χ1v) is 10.6. The number of sulfone groups is 1. The molecule has 2 saturated heterocycles. The molecule has 2 unspecified atom stereocenters. The van der Waals surface area contributed by atoms with Crippen LogP contribution in [0.25, 0.3) is 0 Å². The summed E-state index contributed by atoms with van der Waals surface area (Å²) in [5, 5.41) is 0. The second-order valence-corrected chi connectivity index (χ2v) is 9.73. The Morgan fingerprint density at radius 1 is 1.17 bits per heavy atom. The monoisotopic (exact) mass is 377 g/mol. The minimum Gasteiger partial charge on any atom is -0.493 e. The second kappa shape index (κ2) is 6.17. The lowest BCUT2D eigenvalue weighted by atomic mass is 10.2. The molecule has 8 nitrogen and oxygen atoms in total. The first-order valence-electron chi connectivity index (χ1n) is 7.34. The van der Waals surface area contributed by atoms with Crippen molar-refractivity contribution in [3.8, 4) is 11.5 Å². The Morgan fingerprint density at radius 3 is 2.54 bits per heavy atom. The minimum atomic E-state index is -3.87. The average Bonchev–Trinajstić information content (AvgIpc) is 2.87. The molecule has 0 bridgehead atoms. The van der Waals surface area contributed by atoms with Gasteiger partial charge in [0.05, 0.1) is 49.4 Å². The van der Waals surface area contributed by atoms with Gasteiger partial charge in [0.25, 0.3) is 0 Å². The van der Waals surface area contributed by atoms with Gasteiger partial charge >= 0.3 is 0 Å². The Hall–Kier alpha value is -1.36. The van der Waals surface area contributed by atoms with Crippen LogP contribution < -0.4 is 9.47 Å². The van der Waals surface area contributed by atoms with E-state index in [0.717, 1.165) is 0 Å². The summed E-state index contributed by atoms with van der Waals surface area (Å²) >= 11 is 0. The molecular formula is C14H19NO7S2. The number of methoxy groups -OCH3 is 2. The number of benzene rings is 1. The molecule has 0 N–H and O–H groups in total. The lowest BCUT2D eigenvalue weighted by Gasteiger charge is -2.35. The molecule has 0 radical (unpaired) electrons. The number of fused-ring (bicyclic) bond motifs is 1. The van der Waals surface area contributed by atoms with Crippen molar-refractivity contribution in [3.05, 3.63) is 18.2 Å². The molecule has 0 amide bonds. The third-order valence-corrected chi connectivity index (χ3v) is 7.85. The Balaban J connectivity index is 1.98. The van der Waals surface area contributed by atoms with Gasteiger partial charge in [-0.05, 0) is 12.1 Å². The summed E-state index contributed by atoms with van der Waals surface area (Å²) in [6.45, 7) is 0.288. The van der Waals surface area contributed by atoms with E-state index in [0.29, 0.717) is 11.5 Å². The van der Waals surface area contributed by atoms with E-state index >= 15 is 0 Å². The highest BCUT2D eigenvalue weighted by atomic mass is 32.2. The van der Waals surface area contributed by atoms with Gasteiger partial charge < -0.3 is 14.2 Å². The number of hydrogen-bond acceptors (Lipinski definition) is 7. The van der Waals surface area contributed by atoms with E-state index in [1.807, 2.05) is 0 Å². The van der Waals surface area contributed by atoms with Crippen LogP contribution in [0.5, 0.6) is 11.5 Å². The van der Waals surface area contributed by atoms with E-state index < -0.39 is 32.0 Å². The zero-order valence-electron chi connectivity index (χ0n) is 13.3. The number of sulfonamides is 1. The normalized spacial score (nSPS) is 26.8. The standard InChI is InChI=1S/C14H19NO7S2/c1-20-12-4-3-10(7-13(12)21-2)24(18,19)15-5-6-22-14-9-23(16,17)8-11(14)15/h3-4,7,11,14H,5-6,8-9H2,1-2H3. The SMILES string of the molecule is COc1ccc(S(=O)(=O)N2CCOC3CS(=O)(=O)CC32)cc1OC. The van der Waals surface area contributed by atoms with Crippen molar-refractivity contribution in [1.82, 2.24) is 4.31 Å². The zero-order valence-corrected chi connectivity index (χ0v) is 15.0. The number of nitrogens with zero attached hydrogens (tertiary/aromatic N) is 1. The molecule has 0 aromatic heterocycles. The number of rotatable bonds is 4. The molecule has 1 aromatic carbocycles. The molecule has 2 heterocycles. The Morgan fingerprint density at radius 2 is 1.88 bits per heavy atom. The van der Waals surface area contributed by atoms with Gasteiger partial charge in [-0.3, -0.25) is 0 Å². The summed E-state index contributed by atoms with van der Waals surface area (Å²) in [5.74, 6) is 0.349. The van der Waals surface area contributed by atoms with Gasteiger partial charge in [0, 0.05) is 12.6 Å². The maximum Gasteiger partial charge on any atom is 0.243 e. The van der Waals surface area contributed by atoms with E-state index in [1.54, 1.807) is 0 Å². The highest BCUT2D eigenvalue weighted by Crippen LogP contribution is 2.34. The Labute approximate surface area is 141 Å². The smallest absolute Gasteiger partial charge is 0.243 e. The first kappa shape index (κ1) is 17.5. The van der Waals surface area contributed by atoms with Crippen LogP contribution in [0.2, 0.25) is 0 Å². The summed E-state index contributed by atoms with van der Waals surface area (Å²) in [6.07, 6.45) is -0.612. The van der Waals surface area contributed by atoms with Crippen LogP contribution in [-0.2, 0) is 24.6 Å². The van der Waals surface area contributed by atoms with Crippen LogP contribution in [-0.4, -0.2) is 72.2 Å². The Kier molecular flexibility index (Phi) is 4.49. The van der Waals surface area contributed by atoms with Gasteiger partial charge in [0.2, 0.25) is 10.0 Å². The van der Waals surface area contributed by atoms with E-state index in [2.05, 4.69) is 0 Å². The van der Waals surface area contributed by atoms with Crippen LogP contribution in [0.3, 0.4) is 0 Å². The van der Waals surface area contributed by atoms with Crippen molar-refractivity contribution in [2.24, 2.45) is 0 Å². The largest absolute Gasteiger partial charge is 0.493 e. The topological polar surface area (TPSA) is 99.2 Å². The third kappa shape index (κ3) is 2.99. The van der Waals surface area contributed by atoms with E-state index in [1.165, 1.54) is 36.7 Å². The number of morpholine rings is 1. The maximum absolute atomic E-state index is 13.0. The molecule has 3 rings (SSSR count). The maximum atomic E-state index is 13.0. The fourth-order valence-electron chi connectivity index (χ4n) is 3.10. The van der Waals surface area contributed by atoms with Crippen molar-refractivity contribution in [2.45, 2.75) is 17.0 Å². The van der Waals surface area contributed by atoms with Crippen LogP contribution in [0.15, 0.2) is 23.1 Å². The lowest BCUT2D eigenvalue weighted by molar-refractivity contribution is -0.0141. The molecule has 10 heteroatoms. The van der Waals surface area contributed by atoms with Gasteiger partial charge in [0.1, 0.15) is 0 Å². The summed E-state index contributed by atoms with van der Waals surface area (Å²) < 4.78 is 66.6. The molecule has 0 saturated carbocycles. The quantitative estimate of drug-likeness (QED) is 0.722. The highest BCUT2D eigenvalue weighted by Gasteiger charge is 2.48. The second-order valence-electron chi connectivity index (χ2n) is 5.69. The van der Waals surface area contributed by atoms with Crippen molar-refractivity contribution >= 4 is 19.9 Å². The predicted octanol–water partition coefficient (Wildman–Crippen LogP) is -0.110. The average molecular weight is 377 g/mol. The molecular weight excluding hydrogens is 358 g/mol. The highest BCUT2D eigenvalue weighted by molar-refractivity contribution is 7.92. The molecule has 24 heavy (non-hydrogen) atoms. The van der Waals surface area contributed by atoms with Crippen LogP contribution in [0.1, 0.15) is 0 Å². The van der Waals surface area contributed by atoms with Crippen molar-refractivity contribution in [3.63, 3.8) is 0 Å². The van der Waals surface area contributed by atoms with Crippen molar-refractivity contribution in [1.29, 1.82) is 0 Å². The van der Waals surface area contributed by atoms with Gasteiger partial charge in [-0.15, -0.1) is 0 Å². The van der Waals surface area contributed by atoms with Gasteiger partial charge in [-0.25, -0.2) is 16.8 Å². The fourth-order valence-corrected chi connectivity index (χ4v) is 6.71. The lowest BCUT2D eigenvalue weighted by Crippen LogP contribution is -2.53. The summed E-state index contributed by atoms with van der Waals surface area (Å²) in [7, 11) is -4.29. The van der Waals surface area contributed by atoms with E-state index in [-0.39, 0.29) is 29.6 Å². The van der Waals surface area contributed by atoms with Crippen molar-refractivity contribution < 1.29 is 31.0 Å². The predicted molar refractivity (Wildman–Crippen MR) is 85.6 cm³/mol. The summed E-state index contributed by atoms with van der Waals surface area (Å²) in [5.41, 5.74) is 0. The third-order valence-electron chi connectivity index (χ3n) is 4.25. The Bertz CT molecular complexity index is 835. The van der Waals surface area contributed by atoms with E-state index in [4.69, 9.17) is 14.2 Å². The van der Waals surface area contributed by atoms with Gasteiger partial charge in [-0.1, -0.05) is 0 Å². The molecule has 2 aliphatic heterocycles. The molecule has 2 aliphatic rings. The molecule has 1 aromatic rings. The minimum absolute atomic E-state index is 0.0325. The fraction of sp³-hybridized carbons (Fsp3) is 0.571. The molecule has 0 spiro atoms.